The van der Waals surface area contributed by atoms with E-state index in [1.54, 1.807) is 4.90 Å². The van der Waals surface area contributed by atoms with Crippen LogP contribution < -0.4 is 15.0 Å². The van der Waals surface area contributed by atoms with Gasteiger partial charge in [0.15, 0.2) is 0 Å². The lowest BCUT2D eigenvalue weighted by atomic mass is 9.68. The Kier molecular flexibility index (Phi) is 14.0. The maximum atomic E-state index is 13.2. The Morgan fingerprint density at radius 3 is 2.62 bits per heavy atom. The van der Waals surface area contributed by atoms with Crippen LogP contribution in [0.1, 0.15) is 115 Å². The van der Waals surface area contributed by atoms with Gasteiger partial charge in [-0.1, -0.05) is 44.5 Å². The summed E-state index contributed by atoms with van der Waals surface area (Å²) < 4.78 is 21.5. The van der Waals surface area contributed by atoms with Gasteiger partial charge in [-0.05, 0) is 107 Å². The van der Waals surface area contributed by atoms with Crippen LogP contribution in [0.25, 0.3) is 6.08 Å². The van der Waals surface area contributed by atoms with Crippen molar-refractivity contribution >= 4 is 31.9 Å². The number of hydrogen-bond donors (Lipinski definition) is 1. The second-order valence-electron chi connectivity index (χ2n) is 16.5. The van der Waals surface area contributed by atoms with E-state index in [4.69, 9.17) is 25.6 Å². The predicted molar refractivity (Wildman–Crippen MR) is 226 cm³/mol. The van der Waals surface area contributed by atoms with E-state index < -0.39 is 8.53 Å². The fraction of sp³-hybridized carbons (Fsp3) is 0.600. The highest BCUT2D eigenvalue weighted by Crippen LogP contribution is 2.51. The molecule has 1 amide bonds. The largest absolute Gasteiger partial charge is 0.485 e. The lowest BCUT2D eigenvalue weighted by Gasteiger charge is -2.41. The number of likely N-dealkylation sites (N-methyl/N-ethyl adjacent to an activating group) is 1. The minimum absolute atomic E-state index is 0.0500. The summed E-state index contributed by atoms with van der Waals surface area (Å²) in [5, 5.41) is 12.8. The number of hydrogen-bond acceptors (Lipinski definition) is 8. The van der Waals surface area contributed by atoms with E-state index in [9.17, 15) is 4.79 Å². The van der Waals surface area contributed by atoms with Crippen LogP contribution in [0, 0.1) is 11.3 Å². The van der Waals surface area contributed by atoms with E-state index in [2.05, 4.69) is 92.0 Å². The first-order valence-electron chi connectivity index (χ1n) is 20.8. The molecule has 0 saturated heterocycles. The van der Waals surface area contributed by atoms with Crippen molar-refractivity contribution in [3.8, 4) is 11.8 Å². The molecule has 2 aromatic rings. The molecule has 4 heterocycles. The van der Waals surface area contributed by atoms with Crippen LogP contribution in [0.4, 0.5) is 11.4 Å². The Morgan fingerprint density at radius 1 is 1.11 bits per heavy atom. The predicted octanol–water partition coefficient (Wildman–Crippen LogP) is 9.56. The molecule has 55 heavy (non-hydrogen) atoms. The van der Waals surface area contributed by atoms with Gasteiger partial charge >= 0.3 is 0 Å². The molecule has 4 aliphatic rings. The molecule has 0 saturated carbocycles. The highest BCUT2D eigenvalue weighted by molar-refractivity contribution is 7.44. The van der Waals surface area contributed by atoms with Crippen LogP contribution in [0.5, 0.6) is 5.75 Å². The molecular weight excluding hydrogens is 705 g/mol. The Morgan fingerprint density at radius 2 is 1.85 bits per heavy atom. The van der Waals surface area contributed by atoms with Crippen molar-refractivity contribution in [2.24, 2.45) is 0 Å². The van der Waals surface area contributed by atoms with Crippen molar-refractivity contribution in [2.75, 3.05) is 56.7 Å². The number of nitriles is 1. The summed E-state index contributed by atoms with van der Waals surface area (Å²) in [4.78, 5) is 17.6. The maximum Gasteiger partial charge on any atom is 0.259 e. The highest BCUT2D eigenvalue weighted by Gasteiger charge is 2.40. The SMILES string of the molecule is C=C1C2=Cc3cc4c5c(c3OC2CCNc2ccccc2C1(C)CCCCCC(=O)N(C)CCOP(OCCC#N)N(C(C)C)C(C)C)CCCN5CCC4. The number of anilines is 2. The van der Waals surface area contributed by atoms with Gasteiger partial charge in [0, 0.05) is 86.1 Å². The maximum absolute atomic E-state index is 13.2. The average molecular weight is 770 g/mol. The minimum atomic E-state index is -1.32. The fourth-order valence-corrected chi connectivity index (χ4v) is 10.7. The van der Waals surface area contributed by atoms with Gasteiger partial charge in [0.05, 0.1) is 25.7 Å². The zero-order valence-corrected chi connectivity index (χ0v) is 35.2. The molecule has 0 aliphatic carbocycles. The van der Waals surface area contributed by atoms with Gasteiger partial charge in [0.25, 0.3) is 8.53 Å². The normalized spacial score (nSPS) is 20.8. The van der Waals surface area contributed by atoms with Crippen molar-refractivity contribution < 1.29 is 18.6 Å². The van der Waals surface area contributed by atoms with Crippen molar-refractivity contribution in [1.29, 1.82) is 5.26 Å². The summed E-state index contributed by atoms with van der Waals surface area (Å²) >= 11 is 0. The number of aryl methyl sites for hydroxylation is 1. The second kappa shape index (κ2) is 18.7. The highest BCUT2D eigenvalue weighted by atomic mass is 31.2. The van der Waals surface area contributed by atoms with Crippen LogP contribution in [-0.2, 0) is 32.1 Å². The number of benzene rings is 2. The van der Waals surface area contributed by atoms with Gasteiger partial charge in [-0.25, -0.2) is 4.67 Å². The molecular formula is C45H64N5O4P. The number of rotatable bonds is 16. The first kappa shape index (κ1) is 41.2. The number of nitrogens with one attached hydrogen (secondary N) is 1. The molecule has 2 aromatic carbocycles. The first-order valence-corrected chi connectivity index (χ1v) is 22.0. The molecule has 298 valence electrons. The smallest absolute Gasteiger partial charge is 0.259 e. The number of amides is 1. The van der Waals surface area contributed by atoms with Gasteiger partial charge in [-0.3, -0.25) is 4.79 Å². The quantitative estimate of drug-likeness (QED) is 0.133. The van der Waals surface area contributed by atoms with Crippen LogP contribution in [0.3, 0.4) is 0 Å². The van der Waals surface area contributed by atoms with E-state index in [0.717, 1.165) is 75.9 Å². The van der Waals surface area contributed by atoms with Crippen molar-refractivity contribution in [2.45, 2.75) is 129 Å². The summed E-state index contributed by atoms with van der Waals surface area (Å²) in [5.74, 6) is 1.23. The number of fused-ring (bicyclic) bond motifs is 4. The minimum Gasteiger partial charge on any atom is -0.485 e. The van der Waals surface area contributed by atoms with Gasteiger partial charge in [-0.15, -0.1) is 0 Å². The van der Waals surface area contributed by atoms with Gasteiger partial charge in [-0.2, -0.15) is 5.26 Å². The van der Waals surface area contributed by atoms with Crippen LogP contribution in [0.2, 0.25) is 0 Å². The summed E-state index contributed by atoms with van der Waals surface area (Å²) in [7, 11) is 0.534. The molecule has 0 bridgehead atoms. The lowest BCUT2D eigenvalue weighted by Crippen LogP contribution is -2.36. The Balaban J connectivity index is 1.09. The third-order valence-corrected chi connectivity index (χ3v) is 14.1. The third-order valence-electron chi connectivity index (χ3n) is 12.0. The summed E-state index contributed by atoms with van der Waals surface area (Å²) in [6.07, 6.45) is 12.4. The standard InChI is InChI=1S/C45H64N5O4P/c1-32(2)50(33(3)4)55(52-28-15-23-46)53-29-27-48(7)42(51)20-9-8-12-22-45(6)34(5)38-31-36-30-35-16-13-25-49-26-14-17-37(43(35)49)44(36)54-41(38)21-24-47-40-19-11-10-18-39(40)45/h10-11,18-19,30-33,41,47H,5,8-9,12-17,20-22,24-29H2,1-4,6-7H3. The van der Waals surface area contributed by atoms with Gasteiger partial charge in [0.1, 0.15) is 11.9 Å². The molecule has 4 aliphatic heterocycles. The Hall–Kier alpha value is -3.41. The van der Waals surface area contributed by atoms with E-state index in [-0.39, 0.29) is 29.5 Å². The second-order valence-corrected chi connectivity index (χ2v) is 18.0. The number of nitrogens with zero attached hydrogens (tertiary/aromatic N) is 4. The lowest BCUT2D eigenvalue weighted by molar-refractivity contribution is -0.130. The molecule has 3 unspecified atom stereocenters. The molecule has 10 heteroatoms. The van der Waals surface area contributed by atoms with Crippen molar-refractivity contribution in [3.63, 3.8) is 0 Å². The first-order chi connectivity index (χ1) is 26.5. The summed E-state index contributed by atoms with van der Waals surface area (Å²) in [6.45, 7) is 20.1. The third kappa shape index (κ3) is 9.26. The number of carbonyl (C=O) groups is 1. The molecule has 0 fully saturated rings. The number of unbranched alkanes of at least 4 members (excludes halogenated alkanes) is 2. The fourth-order valence-electron chi connectivity index (χ4n) is 9.10. The van der Waals surface area contributed by atoms with E-state index in [0.29, 0.717) is 32.6 Å². The molecule has 3 atom stereocenters. The van der Waals surface area contributed by atoms with E-state index in [1.165, 1.54) is 52.0 Å². The molecule has 9 nitrogen and oxygen atoms in total. The summed E-state index contributed by atoms with van der Waals surface area (Å²) in [6, 6.07) is 13.8. The Labute approximate surface area is 332 Å². The van der Waals surface area contributed by atoms with Gasteiger partial charge < -0.3 is 28.9 Å². The van der Waals surface area contributed by atoms with E-state index in [1.807, 2.05) is 7.05 Å². The zero-order chi connectivity index (χ0) is 39.1. The molecule has 0 aromatic heterocycles. The van der Waals surface area contributed by atoms with Crippen LogP contribution >= 0.6 is 8.53 Å². The Bertz CT molecular complexity index is 1740. The van der Waals surface area contributed by atoms with Crippen molar-refractivity contribution in [3.05, 3.63) is 70.3 Å². The monoisotopic (exact) mass is 769 g/mol. The molecule has 0 radical (unpaired) electrons. The molecule has 6 rings (SSSR count). The molecule has 0 spiro atoms. The number of carbonyl (C=O) groups excluding carboxylic acids is 1. The van der Waals surface area contributed by atoms with Crippen molar-refractivity contribution in [1.82, 2.24) is 9.57 Å². The summed E-state index contributed by atoms with van der Waals surface area (Å²) in [5.41, 5.74) is 10.1. The van der Waals surface area contributed by atoms with Crippen LogP contribution in [0.15, 0.2) is 48.1 Å². The van der Waals surface area contributed by atoms with Gasteiger partial charge in [0.2, 0.25) is 5.91 Å². The zero-order valence-electron chi connectivity index (χ0n) is 34.3. The number of para-hydroxylation sites is 1. The van der Waals surface area contributed by atoms with Crippen LogP contribution in [-0.4, -0.2) is 80.1 Å². The average Bonchev–Trinajstić information content (AvgIpc) is 3.20. The number of ether oxygens (including phenoxy) is 1. The topological polar surface area (TPSA) is 90.3 Å². The van der Waals surface area contributed by atoms with E-state index >= 15 is 0 Å². The molecule has 1 N–H and O–H groups in total.